The van der Waals surface area contributed by atoms with Crippen molar-refractivity contribution in [3.63, 3.8) is 0 Å². The second-order valence-electron chi connectivity index (χ2n) is 6.88. The Hall–Kier alpha value is -2.80. The average Bonchev–Trinajstić information content (AvgIpc) is 3.45. The van der Waals surface area contributed by atoms with E-state index in [1.165, 1.54) is 12.1 Å². The fourth-order valence-corrected chi connectivity index (χ4v) is 3.26. The molecule has 0 spiro atoms. The van der Waals surface area contributed by atoms with Gasteiger partial charge in [-0.25, -0.2) is 9.37 Å². The number of pyridine rings is 1. The maximum atomic E-state index is 13.2. The third-order valence-electron chi connectivity index (χ3n) is 4.86. The van der Waals surface area contributed by atoms with Crippen LogP contribution in [0.2, 0.25) is 0 Å². The first-order chi connectivity index (χ1) is 13.1. The highest BCUT2D eigenvalue weighted by Gasteiger charge is 2.33. The first-order valence-electron chi connectivity index (χ1n) is 8.89. The summed E-state index contributed by atoms with van der Waals surface area (Å²) in [4.78, 5) is 17.5. The lowest BCUT2D eigenvalue weighted by atomic mass is 10.0. The van der Waals surface area contributed by atoms with Gasteiger partial charge in [0.15, 0.2) is 0 Å². The van der Waals surface area contributed by atoms with Gasteiger partial charge in [-0.05, 0) is 56.0 Å². The lowest BCUT2D eigenvalue weighted by Gasteiger charge is -2.17. The quantitative estimate of drug-likeness (QED) is 0.720. The molecule has 1 atom stereocenters. The maximum Gasteiger partial charge on any atom is 0.259 e. The van der Waals surface area contributed by atoms with Gasteiger partial charge in [0, 0.05) is 12.7 Å². The van der Waals surface area contributed by atoms with Gasteiger partial charge >= 0.3 is 0 Å². The van der Waals surface area contributed by atoms with Crippen LogP contribution in [-0.2, 0) is 4.74 Å². The van der Waals surface area contributed by atoms with Crippen molar-refractivity contribution < 1.29 is 18.4 Å². The van der Waals surface area contributed by atoms with Crippen molar-refractivity contribution in [3.8, 4) is 11.3 Å². The van der Waals surface area contributed by atoms with Crippen molar-refractivity contribution in [3.05, 3.63) is 47.4 Å². The van der Waals surface area contributed by atoms with Crippen LogP contribution < -0.4 is 5.32 Å². The second-order valence-corrected chi connectivity index (χ2v) is 6.88. The first-order valence-corrected chi connectivity index (χ1v) is 8.89. The molecule has 1 aromatic carbocycles. The number of carbonyl (C=O) groups excluding carboxylic acids is 1. The van der Waals surface area contributed by atoms with Crippen LogP contribution in [0.5, 0.6) is 0 Å². The SMILES string of the molecule is COC[C@H](NC(=O)c1cc(-c2ccc(F)cc2)nc2onc(C)c12)C1CC1. The Morgan fingerprint density at radius 3 is 2.78 bits per heavy atom. The summed E-state index contributed by atoms with van der Waals surface area (Å²) in [5.41, 5.74) is 2.55. The van der Waals surface area contributed by atoms with Gasteiger partial charge in [-0.3, -0.25) is 4.79 Å². The number of aryl methyl sites for hydroxylation is 1. The molecule has 4 rings (SSSR count). The number of nitrogens with one attached hydrogen (secondary N) is 1. The van der Waals surface area contributed by atoms with Gasteiger partial charge in [0.1, 0.15) is 5.82 Å². The number of nitrogens with zero attached hydrogens (tertiary/aromatic N) is 2. The summed E-state index contributed by atoms with van der Waals surface area (Å²) in [6.45, 7) is 2.24. The van der Waals surface area contributed by atoms with Crippen molar-refractivity contribution in [1.29, 1.82) is 0 Å². The molecule has 140 valence electrons. The number of benzene rings is 1. The van der Waals surface area contributed by atoms with Crippen LogP contribution in [0.25, 0.3) is 22.4 Å². The molecule has 6 nitrogen and oxygen atoms in total. The topological polar surface area (TPSA) is 77.2 Å². The summed E-state index contributed by atoms with van der Waals surface area (Å²) in [5, 5.41) is 7.61. The number of hydrogen-bond acceptors (Lipinski definition) is 5. The van der Waals surface area contributed by atoms with Crippen LogP contribution in [0.15, 0.2) is 34.9 Å². The van der Waals surface area contributed by atoms with E-state index in [1.54, 1.807) is 32.2 Å². The normalized spacial score (nSPS) is 15.1. The lowest BCUT2D eigenvalue weighted by Crippen LogP contribution is -2.39. The van der Waals surface area contributed by atoms with Crippen LogP contribution in [0.3, 0.4) is 0 Å². The van der Waals surface area contributed by atoms with Gasteiger partial charge in [0.25, 0.3) is 11.6 Å². The minimum absolute atomic E-state index is 0.0276. The highest BCUT2D eigenvalue weighted by Crippen LogP contribution is 2.33. The van der Waals surface area contributed by atoms with E-state index in [2.05, 4.69) is 15.5 Å². The summed E-state index contributed by atoms with van der Waals surface area (Å²) in [5.74, 6) is -0.0995. The summed E-state index contributed by atoms with van der Waals surface area (Å²) < 4.78 is 23.8. The van der Waals surface area contributed by atoms with E-state index in [0.717, 1.165) is 12.8 Å². The van der Waals surface area contributed by atoms with E-state index >= 15 is 0 Å². The number of ether oxygens (including phenoxy) is 1. The summed E-state index contributed by atoms with van der Waals surface area (Å²) in [6, 6.07) is 7.62. The number of aromatic nitrogens is 2. The van der Waals surface area contributed by atoms with E-state index in [1.807, 2.05) is 0 Å². The van der Waals surface area contributed by atoms with Crippen molar-refractivity contribution >= 4 is 17.0 Å². The average molecular weight is 369 g/mol. The number of hydrogen-bond donors (Lipinski definition) is 1. The van der Waals surface area contributed by atoms with Gasteiger partial charge in [-0.15, -0.1) is 0 Å². The van der Waals surface area contributed by atoms with E-state index in [-0.39, 0.29) is 23.5 Å². The van der Waals surface area contributed by atoms with Gasteiger partial charge in [-0.2, -0.15) is 0 Å². The maximum absolute atomic E-state index is 13.2. The number of fused-ring (bicyclic) bond motifs is 1. The Morgan fingerprint density at radius 1 is 1.37 bits per heavy atom. The minimum Gasteiger partial charge on any atom is -0.383 e. The summed E-state index contributed by atoms with van der Waals surface area (Å²) in [6.07, 6.45) is 2.18. The van der Waals surface area contributed by atoms with E-state index in [9.17, 15) is 9.18 Å². The molecule has 1 aliphatic carbocycles. The van der Waals surface area contributed by atoms with Gasteiger partial charge < -0.3 is 14.6 Å². The Labute approximate surface area is 155 Å². The number of methoxy groups -OCH3 is 1. The number of carbonyl (C=O) groups is 1. The van der Waals surface area contributed by atoms with Gasteiger partial charge in [0.05, 0.1) is 35.0 Å². The zero-order chi connectivity index (χ0) is 19.0. The zero-order valence-corrected chi connectivity index (χ0v) is 15.2. The minimum atomic E-state index is -0.333. The molecular weight excluding hydrogens is 349 g/mol. The molecule has 0 unspecified atom stereocenters. The molecule has 0 saturated heterocycles. The molecule has 7 heteroatoms. The Morgan fingerprint density at radius 2 is 2.11 bits per heavy atom. The molecule has 1 N–H and O–H groups in total. The second kappa shape index (κ2) is 7.08. The molecule has 1 fully saturated rings. The molecule has 1 amide bonds. The largest absolute Gasteiger partial charge is 0.383 e. The predicted molar refractivity (Wildman–Crippen MR) is 97.8 cm³/mol. The Balaban J connectivity index is 1.74. The monoisotopic (exact) mass is 369 g/mol. The molecule has 0 aliphatic heterocycles. The summed E-state index contributed by atoms with van der Waals surface area (Å²) >= 11 is 0. The van der Waals surface area contributed by atoms with Gasteiger partial charge in [-0.1, -0.05) is 5.16 Å². The van der Waals surface area contributed by atoms with Crippen molar-refractivity contribution in [1.82, 2.24) is 15.5 Å². The van der Waals surface area contributed by atoms with Gasteiger partial charge in [0.2, 0.25) is 0 Å². The fourth-order valence-electron chi connectivity index (χ4n) is 3.26. The molecule has 0 bridgehead atoms. The molecule has 1 saturated carbocycles. The molecule has 3 aromatic rings. The van der Waals surface area contributed by atoms with Crippen molar-refractivity contribution in [2.45, 2.75) is 25.8 Å². The predicted octanol–water partition coefficient (Wildman–Crippen LogP) is 3.49. The molecule has 0 radical (unpaired) electrons. The van der Waals surface area contributed by atoms with E-state index in [0.29, 0.717) is 40.4 Å². The fraction of sp³-hybridized carbons (Fsp3) is 0.350. The third kappa shape index (κ3) is 3.55. The molecule has 27 heavy (non-hydrogen) atoms. The standard InChI is InChI=1S/C20H20FN3O3/c1-11-18-15(19(25)22-17(10-26-2)13-3-4-13)9-16(23-20(18)27-24-11)12-5-7-14(21)8-6-12/h5-9,13,17H,3-4,10H2,1-2H3,(H,22,25)/t17-/m0/s1. The zero-order valence-electron chi connectivity index (χ0n) is 15.2. The highest BCUT2D eigenvalue weighted by atomic mass is 19.1. The van der Waals surface area contributed by atoms with Crippen LogP contribution >= 0.6 is 0 Å². The highest BCUT2D eigenvalue weighted by molar-refractivity contribution is 6.07. The van der Waals surface area contributed by atoms with E-state index in [4.69, 9.17) is 9.26 Å². The lowest BCUT2D eigenvalue weighted by molar-refractivity contribution is 0.0885. The smallest absolute Gasteiger partial charge is 0.259 e. The van der Waals surface area contributed by atoms with E-state index < -0.39 is 0 Å². The molecule has 2 heterocycles. The first kappa shape index (κ1) is 17.6. The van der Waals surface area contributed by atoms with Crippen molar-refractivity contribution in [2.24, 2.45) is 5.92 Å². The molecule has 1 aliphatic rings. The Kier molecular flexibility index (Phi) is 4.61. The van der Waals surface area contributed by atoms with Crippen LogP contribution in [0.4, 0.5) is 4.39 Å². The number of rotatable bonds is 6. The molecule has 2 aromatic heterocycles. The number of amides is 1. The van der Waals surface area contributed by atoms with Crippen LogP contribution in [-0.4, -0.2) is 35.8 Å². The third-order valence-corrected chi connectivity index (χ3v) is 4.86. The molecular formula is C20H20FN3O3. The Bertz CT molecular complexity index is 980. The number of halogens is 1. The van der Waals surface area contributed by atoms with Crippen LogP contribution in [0.1, 0.15) is 28.9 Å². The van der Waals surface area contributed by atoms with Crippen molar-refractivity contribution in [2.75, 3.05) is 13.7 Å². The van der Waals surface area contributed by atoms with Crippen LogP contribution in [0, 0.1) is 18.7 Å². The summed E-state index contributed by atoms with van der Waals surface area (Å²) in [7, 11) is 1.63.